The molecule has 1 aromatic heterocycles. The van der Waals surface area contributed by atoms with Gasteiger partial charge < -0.3 is 4.90 Å². The first-order valence-electron chi connectivity index (χ1n) is 8.65. The Morgan fingerprint density at radius 2 is 1.80 bits per heavy atom. The molecular weight excluding hydrogens is 328 g/mol. The number of nitrogens with zero attached hydrogens (tertiary/aromatic N) is 2. The van der Waals surface area contributed by atoms with E-state index in [1.165, 1.54) is 11.1 Å². The minimum Gasteiger partial charge on any atom is -0.330 e. The number of thiazole rings is 1. The molecule has 0 N–H and O–H groups in total. The molecule has 1 fully saturated rings. The molecule has 0 radical (unpaired) electrons. The van der Waals surface area contributed by atoms with Gasteiger partial charge in [-0.25, -0.2) is 4.98 Å². The van der Waals surface area contributed by atoms with Gasteiger partial charge >= 0.3 is 0 Å². The van der Waals surface area contributed by atoms with Crippen LogP contribution < -0.4 is 0 Å². The summed E-state index contributed by atoms with van der Waals surface area (Å²) in [6.45, 7) is 0.809. The fourth-order valence-electron chi connectivity index (χ4n) is 3.44. The lowest BCUT2D eigenvalue weighted by molar-refractivity contribution is 0.0730. The first-order chi connectivity index (χ1) is 12.3. The zero-order chi connectivity index (χ0) is 17.1. The molecule has 0 bridgehead atoms. The summed E-state index contributed by atoms with van der Waals surface area (Å²) in [5.74, 6) is 0.0573. The van der Waals surface area contributed by atoms with Gasteiger partial charge in [-0.05, 0) is 24.0 Å². The van der Waals surface area contributed by atoms with Gasteiger partial charge in [0.15, 0.2) is 0 Å². The van der Waals surface area contributed by atoms with E-state index < -0.39 is 0 Å². The van der Waals surface area contributed by atoms with Crippen LogP contribution in [0.5, 0.6) is 0 Å². The maximum atomic E-state index is 13.0. The Bertz CT molecular complexity index is 845. The number of rotatable bonds is 4. The number of carbonyl (C=O) groups excluding carboxylic acids is 1. The molecule has 3 nitrogen and oxygen atoms in total. The van der Waals surface area contributed by atoms with Crippen LogP contribution in [0.25, 0.3) is 0 Å². The highest BCUT2D eigenvalue weighted by atomic mass is 32.1. The van der Waals surface area contributed by atoms with Crippen LogP contribution in [0, 0.1) is 0 Å². The van der Waals surface area contributed by atoms with Crippen LogP contribution in [0.1, 0.15) is 45.5 Å². The van der Waals surface area contributed by atoms with Gasteiger partial charge in [0, 0.05) is 18.3 Å². The zero-order valence-corrected chi connectivity index (χ0v) is 14.8. The highest BCUT2D eigenvalue weighted by Gasteiger charge is 2.31. The van der Waals surface area contributed by atoms with Gasteiger partial charge in [-0.1, -0.05) is 60.7 Å². The van der Waals surface area contributed by atoms with Crippen molar-refractivity contribution in [2.75, 3.05) is 6.54 Å². The lowest BCUT2D eigenvalue weighted by Gasteiger charge is -2.24. The average molecular weight is 348 g/mol. The van der Waals surface area contributed by atoms with E-state index in [2.05, 4.69) is 29.2 Å². The molecule has 1 amide bonds. The Labute approximate surface area is 152 Å². The van der Waals surface area contributed by atoms with Crippen LogP contribution in [0.3, 0.4) is 0 Å². The van der Waals surface area contributed by atoms with Gasteiger partial charge in [0.25, 0.3) is 5.91 Å². The van der Waals surface area contributed by atoms with Crippen molar-refractivity contribution in [3.63, 3.8) is 0 Å². The molecule has 25 heavy (non-hydrogen) atoms. The van der Waals surface area contributed by atoms with E-state index >= 15 is 0 Å². The molecule has 126 valence electrons. The summed E-state index contributed by atoms with van der Waals surface area (Å²) in [6.07, 6.45) is 2.85. The number of hydrogen-bond acceptors (Lipinski definition) is 3. The molecule has 1 atom stereocenters. The normalized spacial score (nSPS) is 17.0. The summed E-state index contributed by atoms with van der Waals surface area (Å²) in [6, 6.07) is 20.7. The second-order valence-electron chi connectivity index (χ2n) is 6.36. The smallest absolute Gasteiger partial charge is 0.273 e. The molecule has 3 aromatic rings. The van der Waals surface area contributed by atoms with E-state index in [4.69, 9.17) is 0 Å². The molecule has 4 heteroatoms. The number of aromatic nitrogens is 1. The lowest BCUT2D eigenvalue weighted by Crippen LogP contribution is -2.30. The maximum absolute atomic E-state index is 13.0. The molecule has 0 spiro atoms. The standard InChI is InChI=1S/C21H20N2OS/c24-21(23-13-7-12-19(23)17-10-5-2-6-11-17)18-15-25-20(22-18)14-16-8-3-1-4-9-16/h1-6,8-11,15,19H,7,12-14H2. The van der Waals surface area contributed by atoms with E-state index in [1.54, 1.807) is 11.3 Å². The summed E-state index contributed by atoms with van der Waals surface area (Å²) in [5.41, 5.74) is 3.02. The Morgan fingerprint density at radius 3 is 2.56 bits per heavy atom. The summed E-state index contributed by atoms with van der Waals surface area (Å²) >= 11 is 1.57. The van der Waals surface area contributed by atoms with Crippen molar-refractivity contribution in [3.8, 4) is 0 Å². The molecule has 1 unspecified atom stereocenters. The molecule has 0 aliphatic carbocycles. The minimum atomic E-state index is 0.0573. The van der Waals surface area contributed by atoms with Crippen molar-refractivity contribution in [2.24, 2.45) is 0 Å². The minimum absolute atomic E-state index is 0.0573. The Balaban J connectivity index is 1.51. The molecule has 0 saturated carbocycles. The number of carbonyl (C=O) groups is 1. The van der Waals surface area contributed by atoms with Crippen molar-refractivity contribution in [1.82, 2.24) is 9.88 Å². The van der Waals surface area contributed by atoms with Crippen molar-refractivity contribution in [2.45, 2.75) is 25.3 Å². The third-order valence-electron chi connectivity index (χ3n) is 4.67. The third kappa shape index (κ3) is 3.49. The molecule has 1 aliphatic heterocycles. The topological polar surface area (TPSA) is 33.2 Å². The lowest BCUT2D eigenvalue weighted by atomic mass is 10.0. The van der Waals surface area contributed by atoms with E-state index in [1.807, 2.05) is 46.7 Å². The molecule has 4 rings (SSSR count). The van der Waals surface area contributed by atoms with Gasteiger partial charge in [-0.3, -0.25) is 4.79 Å². The fourth-order valence-corrected chi connectivity index (χ4v) is 4.24. The largest absolute Gasteiger partial charge is 0.330 e. The first-order valence-corrected chi connectivity index (χ1v) is 9.53. The maximum Gasteiger partial charge on any atom is 0.273 e. The van der Waals surface area contributed by atoms with Crippen LogP contribution in [-0.2, 0) is 6.42 Å². The highest BCUT2D eigenvalue weighted by Crippen LogP contribution is 2.33. The van der Waals surface area contributed by atoms with Crippen LogP contribution in [0.2, 0.25) is 0 Å². The predicted octanol–water partition coefficient (Wildman–Crippen LogP) is 4.71. The number of hydrogen-bond donors (Lipinski definition) is 0. The van der Waals surface area contributed by atoms with Crippen molar-refractivity contribution < 1.29 is 4.79 Å². The van der Waals surface area contributed by atoms with E-state index in [0.717, 1.165) is 30.8 Å². The Hall–Kier alpha value is -2.46. The van der Waals surface area contributed by atoms with E-state index in [-0.39, 0.29) is 11.9 Å². The highest BCUT2D eigenvalue weighted by molar-refractivity contribution is 7.09. The molecule has 2 aromatic carbocycles. The van der Waals surface area contributed by atoms with Crippen molar-refractivity contribution in [3.05, 3.63) is 87.9 Å². The summed E-state index contributed by atoms with van der Waals surface area (Å²) in [7, 11) is 0. The number of amides is 1. The monoisotopic (exact) mass is 348 g/mol. The first kappa shape index (κ1) is 16.0. The van der Waals surface area contributed by atoms with Gasteiger partial charge in [-0.2, -0.15) is 0 Å². The molecular formula is C21H20N2OS. The van der Waals surface area contributed by atoms with Crippen LogP contribution in [-0.4, -0.2) is 22.3 Å². The molecule has 2 heterocycles. The van der Waals surface area contributed by atoms with E-state index in [9.17, 15) is 4.79 Å². The molecule has 1 aliphatic rings. The van der Waals surface area contributed by atoms with Gasteiger partial charge in [0.2, 0.25) is 0 Å². The Morgan fingerprint density at radius 1 is 1.08 bits per heavy atom. The Kier molecular flexibility index (Phi) is 4.61. The quantitative estimate of drug-likeness (QED) is 0.684. The van der Waals surface area contributed by atoms with Gasteiger partial charge in [0.1, 0.15) is 5.69 Å². The van der Waals surface area contributed by atoms with Gasteiger partial charge in [-0.15, -0.1) is 11.3 Å². The van der Waals surface area contributed by atoms with Crippen LogP contribution in [0.4, 0.5) is 0 Å². The fraction of sp³-hybridized carbons (Fsp3) is 0.238. The second-order valence-corrected chi connectivity index (χ2v) is 7.30. The van der Waals surface area contributed by atoms with Crippen molar-refractivity contribution >= 4 is 17.2 Å². The molecule has 1 saturated heterocycles. The summed E-state index contributed by atoms with van der Waals surface area (Å²) in [5, 5.41) is 2.89. The second kappa shape index (κ2) is 7.19. The van der Waals surface area contributed by atoms with E-state index in [0.29, 0.717) is 5.69 Å². The number of likely N-dealkylation sites (tertiary alicyclic amines) is 1. The summed E-state index contributed by atoms with van der Waals surface area (Å²) < 4.78 is 0. The van der Waals surface area contributed by atoms with Crippen LogP contribution in [0.15, 0.2) is 66.0 Å². The number of benzene rings is 2. The third-order valence-corrected chi connectivity index (χ3v) is 5.52. The van der Waals surface area contributed by atoms with Gasteiger partial charge in [0.05, 0.1) is 11.0 Å². The predicted molar refractivity (Wildman–Crippen MR) is 101 cm³/mol. The average Bonchev–Trinajstić information content (AvgIpc) is 3.32. The zero-order valence-electron chi connectivity index (χ0n) is 14.0. The van der Waals surface area contributed by atoms with Crippen LogP contribution >= 0.6 is 11.3 Å². The SMILES string of the molecule is O=C(c1csc(Cc2ccccc2)n1)N1CCCC1c1ccccc1. The summed E-state index contributed by atoms with van der Waals surface area (Å²) in [4.78, 5) is 19.6. The van der Waals surface area contributed by atoms with Crippen molar-refractivity contribution in [1.29, 1.82) is 0 Å².